The second-order valence-corrected chi connectivity index (χ2v) is 2.12. The molecule has 86 valence electrons. The highest BCUT2D eigenvalue weighted by atomic mass is 16.5. The van der Waals surface area contributed by atoms with E-state index in [-0.39, 0.29) is 19.0 Å². The Morgan fingerprint density at radius 3 is 2.00 bits per heavy atom. The highest BCUT2D eigenvalue weighted by molar-refractivity contribution is 5.65. The smallest absolute Gasteiger partial charge is 0.302 e. The molecule has 0 aromatic rings. The molecule has 0 radical (unpaired) electrons. The van der Waals surface area contributed by atoms with Gasteiger partial charge in [0.05, 0.1) is 6.61 Å². The van der Waals surface area contributed by atoms with Crippen molar-refractivity contribution in [1.82, 2.24) is 0 Å². The van der Waals surface area contributed by atoms with Crippen LogP contribution in [0.5, 0.6) is 0 Å². The van der Waals surface area contributed by atoms with Gasteiger partial charge >= 0.3 is 5.97 Å². The third kappa shape index (κ3) is 70.2. The number of rotatable bonds is 3. The maximum Gasteiger partial charge on any atom is 0.302 e. The van der Waals surface area contributed by atoms with E-state index in [0.717, 1.165) is 12.8 Å². The fourth-order valence-electron chi connectivity index (χ4n) is 0.360. The molecule has 0 fully saturated rings. The first kappa shape index (κ1) is 18.6. The van der Waals surface area contributed by atoms with Crippen molar-refractivity contribution in [2.75, 3.05) is 13.2 Å². The molecule has 0 saturated heterocycles. The highest BCUT2D eigenvalue weighted by Gasteiger charge is 1.88. The average molecular weight is 208 g/mol. The lowest BCUT2D eigenvalue weighted by Crippen LogP contribution is -1.99. The van der Waals surface area contributed by atoms with Gasteiger partial charge in [0.25, 0.3) is 6.47 Å². The molecule has 5 heteroatoms. The Morgan fingerprint density at radius 2 is 1.79 bits per heavy atom. The molecule has 0 aromatic carbocycles. The first-order valence-electron chi connectivity index (χ1n) is 4.42. The van der Waals surface area contributed by atoms with Gasteiger partial charge in [-0.2, -0.15) is 0 Å². The molecular formula is C9H20O5. The molecule has 0 aliphatic heterocycles. The summed E-state index contributed by atoms with van der Waals surface area (Å²) in [5.74, 6) is -0.182. The van der Waals surface area contributed by atoms with E-state index in [0.29, 0.717) is 6.61 Å². The third-order valence-corrected chi connectivity index (χ3v) is 0.803. The lowest BCUT2D eigenvalue weighted by molar-refractivity contribution is -0.141. The molecule has 0 rings (SSSR count). The summed E-state index contributed by atoms with van der Waals surface area (Å²) in [5.41, 5.74) is 0. The van der Waals surface area contributed by atoms with E-state index < -0.39 is 0 Å². The Bertz CT molecular complexity index is 114. The van der Waals surface area contributed by atoms with Gasteiger partial charge in [-0.1, -0.05) is 13.3 Å². The van der Waals surface area contributed by atoms with Crippen LogP contribution in [0.1, 0.15) is 33.6 Å². The van der Waals surface area contributed by atoms with Crippen molar-refractivity contribution in [2.24, 2.45) is 0 Å². The second-order valence-electron chi connectivity index (χ2n) is 2.12. The van der Waals surface area contributed by atoms with Gasteiger partial charge in [-0.15, -0.1) is 0 Å². The van der Waals surface area contributed by atoms with Crippen LogP contribution in [0.25, 0.3) is 0 Å². The zero-order valence-electron chi connectivity index (χ0n) is 9.02. The van der Waals surface area contributed by atoms with Crippen molar-refractivity contribution in [1.29, 1.82) is 0 Å². The van der Waals surface area contributed by atoms with E-state index in [4.69, 9.17) is 15.0 Å². The van der Waals surface area contributed by atoms with E-state index in [2.05, 4.69) is 11.7 Å². The van der Waals surface area contributed by atoms with E-state index in [1.165, 1.54) is 6.92 Å². The molecular weight excluding hydrogens is 188 g/mol. The molecule has 5 nitrogen and oxygen atoms in total. The zero-order valence-corrected chi connectivity index (χ0v) is 9.02. The summed E-state index contributed by atoms with van der Waals surface area (Å²) in [6.07, 6.45) is 2.05. The summed E-state index contributed by atoms with van der Waals surface area (Å²) in [6, 6.07) is 0. The molecule has 0 amide bonds. The Kier molecular flexibility index (Phi) is 30.2. The van der Waals surface area contributed by atoms with Gasteiger partial charge in [-0.25, -0.2) is 0 Å². The van der Waals surface area contributed by atoms with Crippen LogP contribution in [0.15, 0.2) is 0 Å². The van der Waals surface area contributed by atoms with Crippen LogP contribution < -0.4 is 0 Å². The number of esters is 1. The number of carbonyl (C=O) groups is 2. The number of ether oxygens (including phenoxy) is 1. The van der Waals surface area contributed by atoms with Crippen molar-refractivity contribution in [3.63, 3.8) is 0 Å². The Morgan fingerprint density at radius 1 is 1.43 bits per heavy atom. The molecule has 0 atom stereocenters. The first-order valence-corrected chi connectivity index (χ1v) is 4.42. The lowest BCUT2D eigenvalue weighted by atomic mass is 10.4. The summed E-state index contributed by atoms with van der Waals surface area (Å²) in [6.45, 7) is 5.74. The van der Waals surface area contributed by atoms with Gasteiger partial charge in [0.2, 0.25) is 0 Å². The largest absolute Gasteiger partial charge is 0.483 e. The van der Waals surface area contributed by atoms with Crippen LogP contribution in [-0.4, -0.2) is 35.9 Å². The maximum atomic E-state index is 10.1. The van der Waals surface area contributed by atoms with Gasteiger partial charge in [0.1, 0.15) is 0 Å². The second kappa shape index (κ2) is 22.7. The molecule has 0 heterocycles. The third-order valence-electron chi connectivity index (χ3n) is 0.803. The number of aliphatic hydroxyl groups excluding tert-OH is 1. The molecule has 14 heavy (non-hydrogen) atoms. The summed E-state index contributed by atoms with van der Waals surface area (Å²) >= 11 is 0. The van der Waals surface area contributed by atoms with Crippen molar-refractivity contribution in [3.05, 3.63) is 0 Å². The normalized spacial score (nSPS) is 7.14. The molecule has 0 aromatic heterocycles. The molecule has 0 spiro atoms. The molecule has 0 bridgehead atoms. The van der Waals surface area contributed by atoms with E-state index in [1.54, 1.807) is 6.92 Å². The van der Waals surface area contributed by atoms with Crippen molar-refractivity contribution < 1.29 is 24.5 Å². The van der Waals surface area contributed by atoms with Crippen molar-refractivity contribution in [2.45, 2.75) is 33.6 Å². The molecule has 0 saturated carbocycles. The summed E-state index contributed by atoms with van der Waals surface area (Å²) in [7, 11) is 0. The Labute approximate surface area is 84.7 Å². The van der Waals surface area contributed by atoms with Crippen molar-refractivity contribution in [3.8, 4) is 0 Å². The predicted octanol–water partition coefficient (Wildman–Crippen LogP) is 1.05. The zero-order chi connectivity index (χ0) is 11.8. The number of hydrogen-bond acceptors (Lipinski definition) is 4. The van der Waals surface area contributed by atoms with Crippen LogP contribution in [0, 0.1) is 0 Å². The molecule has 0 aliphatic carbocycles. The Balaban J connectivity index is -0.000000168. The number of carbonyl (C=O) groups excluding carboxylic acids is 1. The van der Waals surface area contributed by atoms with Crippen LogP contribution in [0.4, 0.5) is 0 Å². The van der Waals surface area contributed by atoms with Crippen LogP contribution in [0.2, 0.25) is 0 Å². The summed E-state index contributed by atoms with van der Waals surface area (Å²) in [5, 5.41) is 14.5. The first-order chi connectivity index (χ1) is 6.60. The number of hydrogen-bond donors (Lipinski definition) is 2. The number of aliphatic hydroxyl groups is 1. The fraction of sp³-hybridized carbons (Fsp3) is 0.778. The molecule has 0 unspecified atom stereocenters. The van der Waals surface area contributed by atoms with Gasteiger partial charge in [0, 0.05) is 13.5 Å². The SMILES string of the molecule is CCCCOC(C)=O.CCO.O=CO. The van der Waals surface area contributed by atoms with Gasteiger partial charge in [-0.3, -0.25) is 9.59 Å². The topological polar surface area (TPSA) is 83.8 Å². The van der Waals surface area contributed by atoms with Gasteiger partial charge < -0.3 is 14.9 Å². The molecule has 0 aliphatic rings. The highest BCUT2D eigenvalue weighted by Crippen LogP contribution is 1.86. The number of unbranched alkanes of at least 4 members (excludes halogenated alkanes) is 1. The van der Waals surface area contributed by atoms with E-state index in [1.807, 2.05) is 0 Å². The average Bonchev–Trinajstić information content (AvgIpc) is 2.07. The van der Waals surface area contributed by atoms with Crippen LogP contribution >= 0.6 is 0 Å². The standard InChI is InChI=1S/C6H12O2.C2H6O.CH2O2/c1-3-4-5-8-6(2)7;1-2-3;2-1-3/h3-5H2,1-2H3;3H,2H2,1H3;1H,(H,2,3). The number of carboxylic acid groups (broad SMARTS) is 1. The van der Waals surface area contributed by atoms with Crippen molar-refractivity contribution >= 4 is 12.4 Å². The lowest BCUT2D eigenvalue weighted by Gasteiger charge is -1.96. The predicted molar refractivity (Wildman–Crippen MR) is 53.0 cm³/mol. The monoisotopic (exact) mass is 208 g/mol. The van der Waals surface area contributed by atoms with Crippen LogP contribution in [-0.2, 0) is 14.3 Å². The van der Waals surface area contributed by atoms with Crippen LogP contribution in [0.3, 0.4) is 0 Å². The minimum atomic E-state index is -0.250. The summed E-state index contributed by atoms with van der Waals surface area (Å²) < 4.78 is 4.64. The maximum absolute atomic E-state index is 10.1. The summed E-state index contributed by atoms with van der Waals surface area (Å²) in [4.78, 5) is 18.5. The van der Waals surface area contributed by atoms with E-state index >= 15 is 0 Å². The quantitative estimate of drug-likeness (QED) is 0.411. The fourth-order valence-corrected chi connectivity index (χ4v) is 0.360. The van der Waals surface area contributed by atoms with E-state index in [9.17, 15) is 4.79 Å². The van der Waals surface area contributed by atoms with Gasteiger partial charge in [-0.05, 0) is 13.3 Å². The minimum Gasteiger partial charge on any atom is -0.483 e. The van der Waals surface area contributed by atoms with Gasteiger partial charge in [0.15, 0.2) is 0 Å². The molecule has 2 N–H and O–H groups in total. The minimum absolute atomic E-state index is 0.182. The Hall–Kier alpha value is -1.10.